The summed E-state index contributed by atoms with van der Waals surface area (Å²) in [5, 5.41) is 0. The zero-order valence-corrected chi connectivity index (χ0v) is 14.5. The third-order valence-electron chi connectivity index (χ3n) is 5.37. The van der Waals surface area contributed by atoms with Gasteiger partial charge >= 0.3 is 7.12 Å². The maximum absolute atomic E-state index is 11.6. The van der Waals surface area contributed by atoms with Gasteiger partial charge in [0.2, 0.25) is 0 Å². The number of carbonyl (C=O) groups excluding carboxylic acids is 1. The van der Waals surface area contributed by atoms with Crippen LogP contribution in [0.3, 0.4) is 0 Å². The Morgan fingerprint density at radius 1 is 1.04 bits per heavy atom. The Kier molecular flexibility index (Phi) is 4.24. The lowest BCUT2D eigenvalue weighted by molar-refractivity contribution is -0.114. The van der Waals surface area contributed by atoms with Gasteiger partial charge in [0.1, 0.15) is 0 Å². The molecule has 122 valence electrons. The molecule has 1 atom stereocenters. The summed E-state index contributed by atoms with van der Waals surface area (Å²) in [6.45, 7) is 8.31. The van der Waals surface area contributed by atoms with Crippen molar-refractivity contribution in [2.75, 3.05) is 0 Å². The molecule has 1 aromatic carbocycles. The highest BCUT2D eigenvalue weighted by atomic mass is 16.7. The topological polar surface area (TPSA) is 35.5 Å². The molecule has 2 aliphatic rings. The van der Waals surface area contributed by atoms with Crippen LogP contribution in [0.4, 0.5) is 0 Å². The average molecular weight is 312 g/mol. The monoisotopic (exact) mass is 312 g/mol. The predicted octanol–water partition coefficient (Wildman–Crippen LogP) is 4.08. The Bertz CT molecular complexity index is 603. The minimum atomic E-state index is -0.343. The summed E-state index contributed by atoms with van der Waals surface area (Å²) in [5.74, 6) is 0.343. The van der Waals surface area contributed by atoms with Gasteiger partial charge in [-0.3, -0.25) is 4.79 Å². The van der Waals surface area contributed by atoms with Gasteiger partial charge in [0.25, 0.3) is 0 Å². The molecule has 0 N–H and O–H groups in total. The van der Waals surface area contributed by atoms with Crippen molar-refractivity contribution < 1.29 is 14.1 Å². The van der Waals surface area contributed by atoms with Crippen molar-refractivity contribution in [2.24, 2.45) is 0 Å². The molecule has 3 nitrogen and oxygen atoms in total. The first kappa shape index (κ1) is 16.5. The number of ketones is 1. The highest BCUT2D eigenvalue weighted by Gasteiger charge is 2.54. The van der Waals surface area contributed by atoms with Crippen LogP contribution in [-0.4, -0.2) is 24.1 Å². The summed E-state index contributed by atoms with van der Waals surface area (Å²) in [4.78, 5) is 11.6. The van der Waals surface area contributed by atoms with E-state index in [2.05, 4.69) is 39.8 Å². The summed E-state index contributed by atoms with van der Waals surface area (Å²) >= 11 is 0. The van der Waals surface area contributed by atoms with E-state index in [-0.39, 0.29) is 29.9 Å². The molecule has 1 aliphatic heterocycles. The maximum atomic E-state index is 11.6. The molecule has 1 fully saturated rings. The first-order valence-corrected chi connectivity index (χ1v) is 8.41. The molecule has 1 aliphatic carbocycles. The van der Waals surface area contributed by atoms with Crippen LogP contribution in [0.1, 0.15) is 58.3 Å². The van der Waals surface area contributed by atoms with Gasteiger partial charge in [0.05, 0.1) is 11.2 Å². The standard InChI is InChI=1S/C19H25BO3/c1-18(2)19(3,4)23-20(22-18)17(15-8-6-5-7-9-15)13-14-10-11-16(21)12-14/h5-9,12,17H,10-11,13H2,1-4H3/t17-/m1/s1. The minimum absolute atomic E-state index is 0.106. The molecule has 0 saturated carbocycles. The summed E-state index contributed by atoms with van der Waals surface area (Å²) in [7, 11) is -0.293. The average Bonchev–Trinajstić information content (AvgIpc) is 2.98. The number of allylic oxidation sites excluding steroid dienone is 2. The third-order valence-corrected chi connectivity index (χ3v) is 5.37. The zero-order valence-electron chi connectivity index (χ0n) is 14.5. The molecule has 0 radical (unpaired) electrons. The van der Waals surface area contributed by atoms with E-state index in [9.17, 15) is 4.79 Å². The Morgan fingerprint density at radius 2 is 1.65 bits per heavy atom. The highest BCUT2D eigenvalue weighted by Crippen LogP contribution is 2.43. The van der Waals surface area contributed by atoms with Gasteiger partial charge in [-0.25, -0.2) is 0 Å². The summed E-state index contributed by atoms with van der Waals surface area (Å²) in [6, 6.07) is 10.3. The van der Waals surface area contributed by atoms with Gasteiger partial charge in [0.15, 0.2) is 5.78 Å². The van der Waals surface area contributed by atoms with Crippen molar-refractivity contribution in [3.63, 3.8) is 0 Å². The number of rotatable bonds is 4. The Balaban J connectivity index is 1.87. The maximum Gasteiger partial charge on any atom is 0.466 e. The van der Waals surface area contributed by atoms with Crippen LogP contribution in [0.25, 0.3) is 0 Å². The summed E-state index contributed by atoms with van der Waals surface area (Å²) in [6.07, 6.45) is 4.12. The lowest BCUT2D eigenvalue weighted by atomic mass is 9.65. The van der Waals surface area contributed by atoms with Crippen molar-refractivity contribution in [2.45, 2.75) is 64.0 Å². The fourth-order valence-electron chi connectivity index (χ4n) is 3.22. The van der Waals surface area contributed by atoms with E-state index < -0.39 is 0 Å². The van der Waals surface area contributed by atoms with E-state index >= 15 is 0 Å². The van der Waals surface area contributed by atoms with Gasteiger partial charge in [-0.2, -0.15) is 0 Å². The van der Waals surface area contributed by atoms with Crippen LogP contribution in [0.2, 0.25) is 0 Å². The van der Waals surface area contributed by atoms with E-state index in [1.165, 1.54) is 11.1 Å². The first-order chi connectivity index (χ1) is 10.8. The normalized spacial score (nSPS) is 23.9. The van der Waals surface area contributed by atoms with Gasteiger partial charge in [-0.1, -0.05) is 35.9 Å². The summed E-state index contributed by atoms with van der Waals surface area (Å²) < 4.78 is 12.6. The van der Waals surface area contributed by atoms with E-state index in [0.717, 1.165) is 12.8 Å². The molecule has 23 heavy (non-hydrogen) atoms. The number of hydrogen-bond donors (Lipinski definition) is 0. The van der Waals surface area contributed by atoms with E-state index in [1.54, 1.807) is 6.08 Å². The molecular weight excluding hydrogens is 287 g/mol. The quantitative estimate of drug-likeness (QED) is 0.786. The Labute approximate surface area is 139 Å². The van der Waals surface area contributed by atoms with E-state index in [1.807, 2.05) is 18.2 Å². The number of benzene rings is 1. The Morgan fingerprint density at radius 3 is 2.17 bits per heavy atom. The van der Waals surface area contributed by atoms with Crippen LogP contribution < -0.4 is 0 Å². The lowest BCUT2D eigenvalue weighted by Crippen LogP contribution is -2.41. The van der Waals surface area contributed by atoms with Gasteiger partial charge in [-0.15, -0.1) is 0 Å². The molecule has 1 aromatic rings. The van der Waals surface area contributed by atoms with Gasteiger partial charge < -0.3 is 9.31 Å². The Hall–Kier alpha value is -1.39. The van der Waals surface area contributed by atoms with E-state index in [0.29, 0.717) is 6.42 Å². The van der Waals surface area contributed by atoms with Crippen LogP contribution in [0, 0.1) is 0 Å². The van der Waals surface area contributed by atoms with Crippen molar-refractivity contribution in [1.29, 1.82) is 0 Å². The van der Waals surface area contributed by atoms with Gasteiger partial charge in [0, 0.05) is 12.2 Å². The zero-order chi connectivity index (χ0) is 16.7. The van der Waals surface area contributed by atoms with Crippen molar-refractivity contribution in [3.8, 4) is 0 Å². The smallest absolute Gasteiger partial charge is 0.403 e. The molecule has 4 heteroatoms. The molecule has 0 unspecified atom stereocenters. The molecule has 0 amide bonds. The van der Waals surface area contributed by atoms with Crippen molar-refractivity contribution >= 4 is 12.9 Å². The molecule has 0 spiro atoms. The highest BCUT2D eigenvalue weighted by molar-refractivity contribution is 6.47. The SMILES string of the molecule is CC1(C)OB([C@H](CC2=CC(=O)CC2)c2ccccc2)OC1(C)C. The van der Waals surface area contributed by atoms with Gasteiger partial charge in [-0.05, 0) is 52.2 Å². The van der Waals surface area contributed by atoms with Crippen LogP contribution in [0.5, 0.6) is 0 Å². The molecule has 1 saturated heterocycles. The molecule has 0 aromatic heterocycles. The van der Waals surface area contributed by atoms with Crippen LogP contribution in [-0.2, 0) is 14.1 Å². The largest absolute Gasteiger partial charge is 0.466 e. The molecule has 1 heterocycles. The van der Waals surface area contributed by atoms with Crippen molar-refractivity contribution in [1.82, 2.24) is 0 Å². The number of carbonyl (C=O) groups is 1. The van der Waals surface area contributed by atoms with Crippen LogP contribution in [0.15, 0.2) is 42.0 Å². The lowest BCUT2D eigenvalue weighted by Gasteiger charge is -2.32. The second kappa shape index (κ2) is 5.92. The fourth-order valence-corrected chi connectivity index (χ4v) is 3.22. The first-order valence-electron chi connectivity index (χ1n) is 8.41. The summed E-state index contributed by atoms with van der Waals surface area (Å²) in [5.41, 5.74) is 1.72. The third kappa shape index (κ3) is 3.29. The predicted molar refractivity (Wildman–Crippen MR) is 92.2 cm³/mol. The minimum Gasteiger partial charge on any atom is -0.403 e. The van der Waals surface area contributed by atoms with Crippen LogP contribution >= 0.6 is 0 Å². The molecule has 3 rings (SSSR count). The van der Waals surface area contributed by atoms with Crippen molar-refractivity contribution in [3.05, 3.63) is 47.5 Å². The second-order valence-electron chi connectivity index (χ2n) is 7.61. The fraction of sp³-hybridized carbons (Fsp3) is 0.526. The number of hydrogen-bond acceptors (Lipinski definition) is 3. The second-order valence-corrected chi connectivity index (χ2v) is 7.61. The molecular formula is C19H25BO3. The van der Waals surface area contributed by atoms with E-state index in [4.69, 9.17) is 9.31 Å². The molecule has 0 bridgehead atoms.